The maximum Gasteiger partial charge on any atom is 0.412 e. The molecule has 50 heavy (non-hydrogen) atoms. The first-order valence-corrected chi connectivity index (χ1v) is 17.8. The lowest BCUT2D eigenvalue weighted by atomic mass is 9.91. The molecular weight excluding hydrogens is 703 g/mol. The molecule has 0 saturated carbocycles. The van der Waals surface area contributed by atoms with E-state index in [1.165, 1.54) is 17.4 Å². The number of nitrogens with two attached hydrogens (primary N) is 1. The molecule has 0 aliphatic carbocycles. The Balaban J connectivity index is 1.43. The molecule has 2 aliphatic heterocycles. The van der Waals surface area contributed by atoms with E-state index < -0.39 is 17.5 Å². The van der Waals surface area contributed by atoms with E-state index >= 15 is 4.39 Å². The van der Waals surface area contributed by atoms with Crippen LogP contribution in [0.3, 0.4) is 0 Å². The molecule has 13 nitrogen and oxygen atoms in total. The van der Waals surface area contributed by atoms with Gasteiger partial charge >= 0.3 is 6.09 Å². The summed E-state index contributed by atoms with van der Waals surface area (Å²) in [4.78, 5) is 27.1. The zero-order valence-electron chi connectivity index (χ0n) is 28.0. The van der Waals surface area contributed by atoms with Gasteiger partial charge in [-0.2, -0.15) is 10.2 Å². The highest BCUT2D eigenvalue weighted by molar-refractivity contribution is 7.23. The van der Waals surface area contributed by atoms with Crippen LogP contribution in [0.25, 0.3) is 32.1 Å². The van der Waals surface area contributed by atoms with Crippen molar-refractivity contribution >= 4 is 83.3 Å². The maximum absolute atomic E-state index is 15.5. The number of likely N-dealkylation sites (N-methyl/N-ethyl adjacent to an activating group) is 1. The molecule has 7 rings (SSSR count). The van der Waals surface area contributed by atoms with Gasteiger partial charge in [-0.1, -0.05) is 29.0 Å². The van der Waals surface area contributed by atoms with Crippen LogP contribution in [0.1, 0.15) is 48.9 Å². The summed E-state index contributed by atoms with van der Waals surface area (Å²) in [7, 11) is 4.11. The number of nitrogens with one attached hydrogen (secondary N) is 2. The molecule has 17 heteroatoms. The Kier molecular flexibility index (Phi) is 8.89. The van der Waals surface area contributed by atoms with Crippen molar-refractivity contribution in [3.63, 3.8) is 0 Å². The van der Waals surface area contributed by atoms with Crippen molar-refractivity contribution in [2.45, 2.75) is 58.6 Å². The number of nitrogen functional groups attached to an aromatic ring is 1. The quantitative estimate of drug-likeness (QED) is 0.161. The van der Waals surface area contributed by atoms with E-state index in [1.807, 2.05) is 0 Å². The number of benzene rings is 2. The number of ether oxygens (including phenoxy) is 2. The average Bonchev–Trinajstić information content (AvgIpc) is 3.86. The zero-order valence-corrected chi connectivity index (χ0v) is 30.4. The van der Waals surface area contributed by atoms with Gasteiger partial charge in [0.1, 0.15) is 33.3 Å². The number of thiophene rings is 1. The minimum Gasteiger partial charge on any atom is -0.444 e. The molecule has 4 N–H and O–H groups in total. The molecule has 0 spiro atoms. The summed E-state index contributed by atoms with van der Waals surface area (Å²) in [5.41, 5.74) is 8.37. The Morgan fingerprint density at radius 1 is 1.22 bits per heavy atom. The monoisotopic (exact) mass is 736 g/mol. The van der Waals surface area contributed by atoms with Crippen molar-refractivity contribution < 1.29 is 18.7 Å². The van der Waals surface area contributed by atoms with Crippen LogP contribution in [0.5, 0.6) is 0 Å². The van der Waals surface area contributed by atoms with Crippen molar-refractivity contribution in [3.8, 4) is 17.2 Å². The first-order chi connectivity index (χ1) is 23.8. The fourth-order valence-electron chi connectivity index (χ4n) is 6.38. The van der Waals surface area contributed by atoms with Crippen LogP contribution < -0.4 is 21.3 Å². The summed E-state index contributed by atoms with van der Waals surface area (Å²) in [6, 6.07) is 5.46. The molecule has 5 heterocycles. The van der Waals surface area contributed by atoms with Gasteiger partial charge in [0, 0.05) is 30.1 Å². The molecule has 2 aromatic carbocycles. The number of fused-ring (bicyclic) bond motifs is 4. The van der Waals surface area contributed by atoms with Crippen molar-refractivity contribution in [2.75, 3.05) is 48.5 Å². The highest BCUT2D eigenvalue weighted by Gasteiger charge is 2.32. The minimum absolute atomic E-state index is 0.100. The van der Waals surface area contributed by atoms with Gasteiger partial charge in [-0.25, -0.2) is 14.2 Å². The van der Waals surface area contributed by atoms with Gasteiger partial charge in [-0.3, -0.25) is 5.32 Å². The summed E-state index contributed by atoms with van der Waals surface area (Å²) in [5.74, 6) is 0.531. The largest absolute Gasteiger partial charge is 0.444 e. The van der Waals surface area contributed by atoms with Gasteiger partial charge in [0.2, 0.25) is 11.1 Å². The Morgan fingerprint density at radius 2 is 2.00 bits per heavy atom. The van der Waals surface area contributed by atoms with Gasteiger partial charge in [0.15, 0.2) is 0 Å². The van der Waals surface area contributed by atoms with E-state index in [1.54, 1.807) is 26.8 Å². The number of aromatic nitrogens is 4. The third-order valence-corrected chi connectivity index (χ3v) is 10.9. The van der Waals surface area contributed by atoms with Gasteiger partial charge in [-0.15, -0.1) is 21.5 Å². The summed E-state index contributed by atoms with van der Waals surface area (Å²) in [6.45, 7) is 7.49. The van der Waals surface area contributed by atoms with Crippen LogP contribution in [0.15, 0.2) is 12.1 Å². The molecule has 260 valence electrons. The number of hydrogen-bond acceptors (Lipinski definition) is 14. The Morgan fingerprint density at radius 3 is 2.68 bits per heavy atom. The molecule has 0 radical (unpaired) electrons. The summed E-state index contributed by atoms with van der Waals surface area (Å²) in [5, 5.41) is 27.1. The number of nitrogens with zero attached hydrogens (tertiary/aromatic N) is 7. The molecular formula is C33H34ClFN10O3S2. The Bertz CT molecular complexity index is 2210. The summed E-state index contributed by atoms with van der Waals surface area (Å²) >= 11 is 9.65. The number of rotatable bonds is 7. The Labute approximate surface area is 300 Å². The summed E-state index contributed by atoms with van der Waals surface area (Å²) in [6.07, 6.45) is 0.194. The van der Waals surface area contributed by atoms with Crippen LogP contribution >= 0.6 is 34.3 Å². The number of hydrogen-bond donors (Lipinski definition) is 3. The van der Waals surface area contributed by atoms with Crippen molar-refractivity contribution in [1.29, 1.82) is 5.26 Å². The summed E-state index contributed by atoms with van der Waals surface area (Å²) < 4.78 is 27.1. The van der Waals surface area contributed by atoms with E-state index in [9.17, 15) is 10.1 Å². The van der Waals surface area contributed by atoms with Crippen molar-refractivity contribution in [2.24, 2.45) is 0 Å². The molecule has 3 aromatic heterocycles. The molecule has 2 aliphatic rings. The second-order valence-electron chi connectivity index (χ2n) is 13.3. The fraction of sp³-hybridized carbons (Fsp3) is 0.394. The van der Waals surface area contributed by atoms with E-state index in [-0.39, 0.29) is 28.5 Å². The third kappa shape index (κ3) is 6.24. The van der Waals surface area contributed by atoms with Crippen LogP contribution in [-0.4, -0.2) is 70.0 Å². The van der Waals surface area contributed by atoms with Gasteiger partial charge < -0.3 is 30.3 Å². The number of nitriles is 1. The predicted octanol–water partition coefficient (Wildman–Crippen LogP) is 6.74. The van der Waals surface area contributed by atoms with Gasteiger partial charge in [0.25, 0.3) is 0 Å². The van der Waals surface area contributed by atoms with E-state index in [0.29, 0.717) is 66.9 Å². The van der Waals surface area contributed by atoms with Crippen LogP contribution in [0, 0.1) is 17.1 Å². The van der Waals surface area contributed by atoms with E-state index in [4.69, 9.17) is 36.8 Å². The lowest BCUT2D eigenvalue weighted by molar-refractivity contribution is 0.0636. The second-order valence-corrected chi connectivity index (χ2v) is 15.8. The zero-order chi connectivity index (χ0) is 35.5. The van der Waals surface area contributed by atoms with Gasteiger partial charge in [0.05, 0.1) is 45.9 Å². The average molecular weight is 737 g/mol. The van der Waals surface area contributed by atoms with Crippen LogP contribution in [-0.2, 0) is 29.2 Å². The second kappa shape index (κ2) is 13.1. The van der Waals surface area contributed by atoms with Crippen molar-refractivity contribution in [1.82, 2.24) is 25.1 Å². The first kappa shape index (κ1) is 34.1. The standard InChI is InChI=1S/C33H34ClFN10O3S2/c1-33(2,3)48-32(46)41-29-17(10-36)23-16(6-7-20(35)27(23)50-29)22-18-13-47-14-19(18)24-26(25(22)34)39-31(45-9-8-15(12-45)44(4)5)40-28(24)38-11-21-42-43-30(37)49-21/h6-7,15H,8-9,11-14H2,1-5H3,(H2,37,43)(H,41,46)(H,38,39,40)/t15-/m0/s1. The highest BCUT2D eigenvalue weighted by Crippen LogP contribution is 2.50. The smallest absolute Gasteiger partial charge is 0.412 e. The van der Waals surface area contributed by atoms with E-state index in [0.717, 1.165) is 42.0 Å². The normalized spacial score (nSPS) is 16.0. The molecule has 0 unspecified atom stereocenters. The molecule has 1 saturated heterocycles. The topological polar surface area (TPSA) is 167 Å². The molecule has 1 fully saturated rings. The maximum atomic E-state index is 15.5. The molecule has 1 atom stereocenters. The van der Waals surface area contributed by atoms with Crippen LogP contribution in [0.2, 0.25) is 5.02 Å². The molecule has 5 aromatic rings. The van der Waals surface area contributed by atoms with E-state index in [2.05, 4.69) is 50.8 Å². The number of anilines is 4. The number of carbonyl (C=O) groups is 1. The lowest BCUT2D eigenvalue weighted by Gasteiger charge is -2.23. The highest BCUT2D eigenvalue weighted by atomic mass is 35.5. The third-order valence-electron chi connectivity index (χ3n) is 8.64. The van der Waals surface area contributed by atoms with Crippen molar-refractivity contribution in [3.05, 3.63) is 44.7 Å². The number of amides is 1. The Hall–Kier alpha value is -4.40. The molecule has 0 bridgehead atoms. The van der Waals surface area contributed by atoms with Crippen LogP contribution in [0.4, 0.5) is 31.1 Å². The number of halogens is 2. The number of carbonyl (C=O) groups excluding carboxylic acids is 1. The SMILES string of the molecule is CN(C)[C@H]1CCN(c2nc(NCc3nnc(N)s3)c3c4c(c(-c5ccc(F)c6sc(NC(=O)OC(C)(C)C)c(C#N)c56)c(Cl)c3n2)COC4)C1. The fourth-order valence-corrected chi connectivity index (χ4v) is 8.35. The minimum atomic E-state index is -0.773. The lowest BCUT2D eigenvalue weighted by Crippen LogP contribution is -2.32. The first-order valence-electron chi connectivity index (χ1n) is 15.8. The predicted molar refractivity (Wildman–Crippen MR) is 194 cm³/mol. The van der Waals surface area contributed by atoms with Gasteiger partial charge in [-0.05, 0) is 64.0 Å². The molecule has 1 amide bonds.